The van der Waals surface area contributed by atoms with Crippen LogP contribution in [-0.4, -0.2) is 18.7 Å². The number of ether oxygens (including phenoxy) is 1. The molecule has 0 fully saturated rings. The van der Waals surface area contributed by atoms with Crippen molar-refractivity contribution in [1.82, 2.24) is 18.7 Å². The van der Waals surface area contributed by atoms with Gasteiger partial charge >= 0.3 is 249 Å². The molecule has 0 N–H and O–H groups in total. The minimum atomic E-state index is -0.0418. The molecule has 5 aromatic carbocycles. The Kier molecular flexibility index (Phi) is 8.87. The Labute approximate surface area is 360 Å². The molecule has 0 saturated carbocycles. The van der Waals surface area contributed by atoms with Crippen LogP contribution >= 0.6 is 0 Å². The van der Waals surface area contributed by atoms with Crippen LogP contribution in [0.2, 0.25) is 0 Å². The Bertz CT molecular complexity index is 3030. The van der Waals surface area contributed by atoms with Gasteiger partial charge in [-0.05, 0) is 44.4 Å². The zero-order valence-electron chi connectivity index (χ0n) is 36.4. The molecule has 3 aromatic heterocycles. The molecule has 0 bridgehead atoms. The molecular weight excluding hydrogens is 904 g/mol. The van der Waals surface area contributed by atoms with E-state index in [-0.39, 0.29) is 27.1 Å². The summed E-state index contributed by atoms with van der Waals surface area (Å²) in [4.78, 5) is 5.00. The van der Waals surface area contributed by atoms with E-state index in [1.807, 2.05) is 24.4 Å². The van der Waals surface area contributed by atoms with Crippen molar-refractivity contribution in [2.45, 2.75) is 105 Å². The number of fused-ring (bicyclic) bond motifs is 5. The maximum atomic E-state index is 6.71. The van der Waals surface area contributed by atoms with E-state index in [0.717, 1.165) is 48.5 Å². The van der Waals surface area contributed by atoms with Gasteiger partial charge in [-0.3, -0.25) is 0 Å². The van der Waals surface area contributed by atoms with Gasteiger partial charge in [0.2, 0.25) is 0 Å². The molecular formula is C53H54N4OPt-2. The zero-order chi connectivity index (χ0) is 42.0. The van der Waals surface area contributed by atoms with Crippen molar-refractivity contribution in [1.29, 1.82) is 0 Å². The van der Waals surface area contributed by atoms with E-state index in [1.54, 1.807) is 0 Å². The summed E-state index contributed by atoms with van der Waals surface area (Å²) in [6.07, 6.45) is 1.94. The molecule has 0 spiro atoms. The third-order valence-corrected chi connectivity index (χ3v) is 15.0. The molecule has 9 rings (SSSR count). The Morgan fingerprint density at radius 3 is 1.86 bits per heavy atom. The van der Waals surface area contributed by atoms with Gasteiger partial charge in [-0.2, -0.15) is 0 Å². The molecule has 0 amide bonds. The first-order valence-corrected chi connectivity index (χ1v) is 21.9. The normalized spacial score (nSPS) is 16.0. The number of nitrogens with zero attached hydrogens (tertiary/aromatic N) is 4. The number of aromatic nitrogens is 4. The van der Waals surface area contributed by atoms with Crippen LogP contribution in [0.3, 0.4) is 0 Å². The molecule has 304 valence electrons. The molecule has 0 unspecified atom stereocenters. The van der Waals surface area contributed by atoms with Crippen molar-refractivity contribution in [3.05, 3.63) is 148 Å². The fraction of sp³-hybridized carbons (Fsp3) is 0.321. The summed E-state index contributed by atoms with van der Waals surface area (Å²) in [5.41, 5.74) is 11.7. The van der Waals surface area contributed by atoms with Gasteiger partial charge in [0.25, 0.3) is 0 Å². The van der Waals surface area contributed by atoms with E-state index in [2.05, 4.69) is 213 Å². The Morgan fingerprint density at radius 2 is 1.20 bits per heavy atom. The third kappa shape index (κ3) is 6.05. The van der Waals surface area contributed by atoms with Gasteiger partial charge in [-0.25, -0.2) is 0 Å². The fourth-order valence-electron chi connectivity index (χ4n) is 9.20. The predicted molar refractivity (Wildman–Crippen MR) is 239 cm³/mol. The number of para-hydroxylation sites is 2. The van der Waals surface area contributed by atoms with Gasteiger partial charge in [0.05, 0.1) is 0 Å². The van der Waals surface area contributed by atoms with Gasteiger partial charge in [0.15, 0.2) is 0 Å². The van der Waals surface area contributed by atoms with Crippen LogP contribution in [-0.2, 0) is 41.0 Å². The molecule has 8 aromatic rings. The Hall–Kier alpha value is -4.99. The average molecular weight is 958 g/mol. The summed E-state index contributed by atoms with van der Waals surface area (Å²) in [5.74, 6) is 2.12. The first kappa shape index (κ1) is 39.5. The summed E-state index contributed by atoms with van der Waals surface area (Å²) < 4.78 is 14.6. The summed E-state index contributed by atoms with van der Waals surface area (Å²) in [7, 11) is 0. The molecule has 6 heteroatoms. The number of imidazole rings is 1. The Balaban J connectivity index is 1.17. The van der Waals surface area contributed by atoms with Crippen molar-refractivity contribution in [3.63, 3.8) is 0 Å². The van der Waals surface area contributed by atoms with E-state index in [1.165, 1.54) is 27.6 Å². The molecule has 0 radical (unpaired) electrons. The summed E-state index contributed by atoms with van der Waals surface area (Å²) >= 11 is 2.44. The van der Waals surface area contributed by atoms with Gasteiger partial charge in [0.1, 0.15) is 0 Å². The van der Waals surface area contributed by atoms with Gasteiger partial charge in [0, 0.05) is 6.20 Å². The van der Waals surface area contributed by atoms with Crippen molar-refractivity contribution in [3.8, 4) is 28.7 Å². The topological polar surface area (TPSA) is 36.9 Å². The quantitative estimate of drug-likeness (QED) is 0.161. The summed E-state index contributed by atoms with van der Waals surface area (Å²) in [6, 6.07) is 44.4. The fourth-order valence-corrected chi connectivity index (χ4v) is 10.3. The predicted octanol–water partition coefficient (Wildman–Crippen LogP) is 13.6. The first-order chi connectivity index (χ1) is 27.7. The molecule has 0 aliphatic heterocycles. The number of hydrogen-bond donors (Lipinski definition) is 0. The molecule has 5 nitrogen and oxygen atoms in total. The number of benzene rings is 5. The van der Waals surface area contributed by atoms with E-state index in [9.17, 15) is 0 Å². The van der Waals surface area contributed by atoms with Crippen molar-refractivity contribution in [2.24, 2.45) is 5.41 Å². The number of hydrogen-bond acceptors (Lipinski definition) is 2. The Morgan fingerprint density at radius 1 is 0.576 bits per heavy atom. The van der Waals surface area contributed by atoms with E-state index in [4.69, 9.17) is 9.72 Å². The third-order valence-electron chi connectivity index (χ3n) is 14.0. The van der Waals surface area contributed by atoms with Crippen LogP contribution in [0.25, 0.3) is 50.0 Å². The monoisotopic (exact) mass is 957 g/mol. The second kappa shape index (κ2) is 13.3. The molecule has 0 saturated heterocycles. The maximum absolute atomic E-state index is 6.71. The molecule has 0 atom stereocenters. The molecule has 59 heavy (non-hydrogen) atoms. The molecule has 1 aliphatic rings. The van der Waals surface area contributed by atoms with Gasteiger partial charge < -0.3 is 0 Å². The standard InChI is InChI=1S/C53H54N4O.Pt/c1-49(2,3)34-20-22-36(23-21-34)55-33-56(45-19-14-13-18-44(45)55)37-16-15-17-38(29-37)58-39-24-25-40-41-31-42-43(52(9,10)53(11,12)51(42,7)8)32-47(41)57(46(40)30-39)48-28-35(26-27-54-48)50(4,5)6;/h13-28,31-32H,1-12H3;/q-2;. The minimum absolute atomic E-state index is 0.0223. The second-order valence-electron chi connectivity index (χ2n) is 20.1. The van der Waals surface area contributed by atoms with E-state index in [0.29, 0.717) is 11.5 Å². The molecule has 1 aliphatic carbocycles. The van der Waals surface area contributed by atoms with E-state index < -0.39 is 0 Å². The first-order valence-electron chi connectivity index (χ1n) is 20.7. The van der Waals surface area contributed by atoms with Crippen molar-refractivity contribution < 1.29 is 24.1 Å². The van der Waals surface area contributed by atoms with Crippen molar-refractivity contribution >= 4 is 32.8 Å². The van der Waals surface area contributed by atoms with E-state index >= 15 is 0 Å². The number of pyridine rings is 1. The average Bonchev–Trinajstić information content (AvgIpc) is 3.70. The van der Waals surface area contributed by atoms with Crippen LogP contribution in [0.15, 0.2) is 109 Å². The van der Waals surface area contributed by atoms with Gasteiger partial charge in [-0.1, -0.05) is 62.3 Å². The van der Waals surface area contributed by atoms with Crippen LogP contribution in [0.4, 0.5) is 0 Å². The van der Waals surface area contributed by atoms with Crippen LogP contribution < -0.4 is 4.74 Å². The zero-order valence-corrected chi connectivity index (χ0v) is 38.7. The van der Waals surface area contributed by atoms with Crippen LogP contribution in [0.5, 0.6) is 11.5 Å². The SMILES string of the molecule is CC(C)(C)c1ccc(-n2[c](=[Pt])n(-c3[c-]c(Oc4[c-]c5c(cc4)c4cc6c(cc4n5-c4cc(C(C)(C)C)ccn4)C(C)(C)C(C)(C)C6(C)C)ccc3)c3ccccc32)cc1. The second-order valence-corrected chi connectivity index (χ2v) is 21.1. The molecule has 3 heterocycles. The van der Waals surface area contributed by atoms with Crippen LogP contribution in [0, 0.1) is 21.4 Å². The van der Waals surface area contributed by atoms with Crippen LogP contribution in [0.1, 0.15) is 105 Å². The summed E-state index contributed by atoms with van der Waals surface area (Å²) in [5, 5.41) is 2.33. The number of rotatable bonds is 5. The summed E-state index contributed by atoms with van der Waals surface area (Å²) in [6.45, 7) is 28.0. The van der Waals surface area contributed by atoms with Gasteiger partial charge in [-0.15, -0.1) is 0 Å². The van der Waals surface area contributed by atoms with Crippen molar-refractivity contribution in [2.75, 3.05) is 0 Å².